The maximum absolute atomic E-state index is 11.6. The lowest BCUT2D eigenvalue weighted by molar-refractivity contribution is -0.126. The van der Waals surface area contributed by atoms with Gasteiger partial charge >= 0.3 is 0 Å². The quantitative estimate of drug-likeness (QED) is 0.698. The molecule has 0 radical (unpaired) electrons. The van der Waals surface area contributed by atoms with Crippen LogP contribution in [0.5, 0.6) is 0 Å². The summed E-state index contributed by atoms with van der Waals surface area (Å²) >= 11 is 0. The fourth-order valence-corrected chi connectivity index (χ4v) is 2.67. The molecule has 0 saturated carbocycles. The highest BCUT2D eigenvalue weighted by Gasteiger charge is 2.32. The molecule has 3 heterocycles. The van der Waals surface area contributed by atoms with Crippen LogP contribution in [0.4, 0.5) is 0 Å². The van der Waals surface area contributed by atoms with E-state index in [1.54, 1.807) is 12.2 Å². The molecule has 5 nitrogen and oxygen atoms in total. The van der Waals surface area contributed by atoms with Crippen LogP contribution < -0.4 is 5.32 Å². The second kappa shape index (κ2) is 3.91. The average molecular weight is 233 g/mol. The number of rotatable bonds is 2. The molecule has 2 amide bonds. The monoisotopic (exact) mass is 233 g/mol. The number of nitrogens with zero attached hydrogens (tertiary/aromatic N) is 2. The fraction of sp³-hybridized carbons (Fsp3) is 0.500. The molecule has 1 unspecified atom stereocenters. The van der Waals surface area contributed by atoms with Gasteiger partial charge in [-0.15, -0.1) is 0 Å². The average Bonchev–Trinajstić information content (AvgIpc) is 2.97. The van der Waals surface area contributed by atoms with Crippen molar-refractivity contribution in [1.82, 2.24) is 15.1 Å². The molecule has 0 aromatic heterocycles. The summed E-state index contributed by atoms with van der Waals surface area (Å²) in [6, 6.07) is 0.286. The first kappa shape index (κ1) is 10.4. The lowest BCUT2D eigenvalue weighted by Crippen LogP contribution is -2.38. The summed E-state index contributed by atoms with van der Waals surface area (Å²) in [6.45, 7) is 3.12. The molecule has 3 aliphatic rings. The minimum absolute atomic E-state index is 0.0117. The van der Waals surface area contributed by atoms with E-state index in [1.807, 2.05) is 11.0 Å². The van der Waals surface area contributed by atoms with E-state index in [0.717, 1.165) is 31.8 Å². The molecule has 17 heavy (non-hydrogen) atoms. The zero-order valence-electron chi connectivity index (χ0n) is 9.56. The molecular formula is C12H15N3O2. The summed E-state index contributed by atoms with van der Waals surface area (Å²) in [4.78, 5) is 26.8. The Morgan fingerprint density at radius 3 is 2.88 bits per heavy atom. The molecular weight excluding hydrogens is 218 g/mol. The highest BCUT2D eigenvalue weighted by Crippen LogP contribution is 2.22. The van der Waals surface area contributed by atoms with Crippen molar-refractivity contribution in [3.63, 3.8) is 0 Å². The van der Waals surface area contributed by atoms with E-state index in [4.69, 9.17) is 0 Å². The Balaban J connectivity index is 1.64. The van der Waals surface area contributed by atoms with Crippen LogP contribution in [0.1, 0.15) is 6.42 Å². The Hall–Kier alpha value is -1.78. The second-order valence-corrected chi connectivity index (χ2v) is 4.63. The number of hydrogen-bond acceptors (Lipinski definition) is 3. The SMILES string of the molecule is O=C1C=C(N2CCC(N3CC=CC3=O)C2)CN1. The second-order valence-electron chi connectivity index (χ2n) is 4.63. The van der Waals surface area contributed by atoms with Gasteiger partial charge in [0.05, 0.1) is 12.6 Å². The van der Waals surface area contributed by atoms with E-state index in [2.05, 4.69) is 10.2 Å². The van der Waals surface area contributed by atoms with Gasteiger partial charge in [0.25, 0.3) is 0 Å². The van der Waals surface area contributed by atoms with Gasteiger partial charge in [0, 0.05) is 37.5 Å². The molecule has 0 spiro atoms. The van der Waals surface area contributed by atoms with Gasteiger partial charge in [-0.2, -0.15) is 0 Å². The van der Waals surface area contributed by atoms with Crippen molar-refractivity contribution >= 4 is 11.8 Å². The molecule has 1 atom stereocenters. The van der Waals surface area contributed by atoms with Crippen LogP contribution in [0.3, 0.4) is 0 Å². The zero-order valence-corrected chi connectivity index (χ0v) is 9.56. The molecule has 0 bridgehead atoms. The van der Waals surface area contributed by atoms with Gasteiger partial charge in [-0.25, -0.2) is 0 Å². The fourth-order valence-electron chi connectivity index (χ4n) is 2.67. The van der Waals surface area contributed by atoms with Gasteiger partial charge in [-0.1, -0.05) is 6.08 Å². The Labute approximate surface area is 99.7 Å². The number of carbonyl (C=O) groups is 2. The first-order chi connectivity index (χ1) is 8.24. The number of hydrogen-bond donors (Lipinski definition) is 1. The summed E-state index contributed by atoms with van der Waals surface area (Å²) in [5, 5.41) is 2.77. The van der Waals surface area contributed by atoms with E-state index in [1.165, 1.54) is 0 Å². The molecule has 0 aliphatic carbocycles. The van der Waals surface area contributed by atoms with Crippen molar-refractivity contribution in [2.75, 3.05) is 26.2 Å². The van der Waals surface area contributed by atoms with E-state index >= 15 is 0 Å². The minimum Gasteiger partial charge on any atom is -0.371 e. The predicted molar refractivity (Wildman–Crippen MR) is 61.9 cm³/mol. The van der Waals surface area contributed by atoms with E-state index in [0.29, 0.717) is 6.54 Å². The third-order valence-corrected chi connectivity index (χ3v) is 3.60. The van der Waals surface area contributed by atoms with Crippen LogP contribution in [0, 0.1) is 0 Å². The third-order valence-electron chi connectivity index (χ3n) is 3.60. The van der Waals surface area contributed by atoms with Crippen molar-refractivity contribution in [2.45, 2.75) is 12.5 Å². The lowest BCUT2D eigenvalue weighted by atomic mass is 10.2. The van der Waals surface area contributed by atoms with Crippen LogP contribution >= 0.6 is 0 Å². The summed E-state index contributed by atoms with van der Waals surface area (Å²) < 4.78 is 0. The third kappa shape index (κ3) is 1.81. The lowest BCUT2D eigenvalue weighted by Gasteiger charge is -2.25. The van der Waals surface area contributed by atoms with E-state index in [9.17, 15) is 9.59 Å². The van der Waals surface area contributed by atoms with Crippen LogP contribution in [0.25, 0.3) is 0 Å². The zero-order chi connectivity index (χ0) is 11.8. The van der Waals surface area contributed by atoms with E-state index < -0.39 is 0 Å². The first-order valence-corrected chi connectivity index (χ1v) is 5.94. The largest absolute Gasteiger partial charge is 0.371 e. The molecule has 0 aromatic rings. The molecule has 1 N–H and O–H groups in total. The van der Waals surface area contributed by atoms with E-state index in [-0.39, 0.29) is 17.9 Å². The predicted octanol–water partition coefficient (Wildman–Crippen LogP) is -0.527. The number of carbonyl (C=O) groups excluding carboxylic acids is 2. The van der Waals surface area contributed by atoms with Gasteiger partial charge in [0.15, 0.2) is 0 Å². The molecule has 3 rings (SSSR count). The molecule has 90 valence electrons. The smallest absolute Gasteiger partial charge is 0.246 e. The molecule has 0 aromatic carbocycles. The van der Waals surface area contributed by atoms with Gasteiger partial charge in [0.1, 0.15) is 0 Å². The maximum Gasteiger partial charge on any atom is 0.246 e. The Bertz CT molecular complexity index is 427. The van der Waals surface area contributed by atoms with Crippen molar-refractivity contribution in [3.8, 4) is 0 Å². The summed E-state index contributed by atoms with van der Waals surface area (Å²) in [6.07, 6.45) is 6.19. The Kier molecular flexibility index (Phi) is 2.39. The minimum atomic E-state index is -0.0117. The van der Waals surface area contributed by atoms with Crippen LogP contribution in [0.15, 0.2) is 23.9 Å². The van der Waals surface area contributed by atoms with Crippen molar-refractivity contribution in [1.29, 1.82) is 0 Å². The van der Waals surface area contributed by atoms with Crippen LogP contribution in [-0.4, -0.2) is 53.8 Å². The topological polar surface area (TPSA) is 52.7 Å². The highest BCUT2D eigenvalue weighted by atomic mass is 16.2. The van der Waals surface area contributed by atoms with Gasteiger partial charge in [-0.05, 0) is 6.42 Å². The summed E-state index contributed by atoms with van der Waals surface area (Å²) in [7, 11) is 0. The van der Waals surface area contributed by atoms with Gasteiger partial charge < -0.3 is 15.1 Å². The maximum atomic E-state index is 11.6. The summed E-state index contributed by atoms with van der Waals surface area (Å²) in [5.74, 6) is 0.105. The van der Waals surface area contributed by atoms with Crippen molar-refractivity contribution in [2.24, 2.45) is 0 Å². The standard InChI is InChI=1S/C12H15N3O2/c16-11-6-10(7-13-11)14-5-3-9(8-14)15-4-1-2-12(15)17/h1-2,6,9H,3-5,7-8H2,(H,13,16). The van der Waals surface area contributed by atoms with Crippen molar-refractivity contribution in [3.05, 3.63) is 23.9 Å². The van der Waals surface area contributed by atoms with Gasteiger partial charge in [0.2, 0.25) is 11.8 Å². The normalized spacial score (nSPS) is 28.0. The Morgan fingerprint density at radius 2 is 2.24 bits per heavy atom. The molecule has 1 fully saturated rings. The first-order valence-electron chi connectivity index (χ1n) is 5.94. The number of nitrogens with one attached hydrogen (secondary N) is 1. The summed E-state index contributed by atoms with van der Waals surface area (Å²) in [5.41, 5.74) is 1.05. The van der Waals surface area contributed by atoms with Crippen molar-refractivity contribution < 1.29 is 9.59 Å². The number of amides is 2. The number of likely N-dealkylation sites (tertiary alicyclic amines) is 1. The molecule has 1 saturated heterocycles. The van der Waals surface area contributed by atoms with Crippen LogP contribution in [0.2, 0.25) is 0 Å². The molecule has 5 heteroatoms. The molecule has 3 aliphatic heterocycles. The van der Waals surface area contributed by atoms with Crippen LogP contribution in [-0.2, 0) is 9.59 Å². The van der Waals surface area contributed by atoms with Gasteiger partial charge in [-0.3, -0.25) is 9.59 Å². The Morgan fingerprint density at radius 1 is 1.35 bits per heavy atom. The highest BCUT2D eigenvalue weighted by molar-refractivity contribution is 5.91.